The molecular weight excluding hydrogens is 312 g/mol. The molecule has 25 heavy (non-hydrogen) atoms. The number of carbonyl (C=O) groups excluding carboxylic acids is 1. The number of hydrogen-bond donors (Lipinski definition) is 1. The monoisotopic (exact) mass is 338 g/mol. The minimum absolute atomic E-state index is 0.0648. The van der Waals surface area contributed by atoms with Gasteiger partial charge in [0.05, 0.1) is 6.21 Å². The van der Waals surface area contributed by atoms with Crippen molar-refractivity contribution >= 4 is 12.1 Å². The Bertz CT molecular complexity index is 702. The van der Waals surface area contributed by atoms with Crippen LogP contribution in [0.2, 0.25) is 0 Å². The summed E-state index contributed by atoms with van der Waals surface area (Å²) in [5, 5.41) is 3.96. The number of carbonyl (C=O) groups is 1. The average molecular weight is 338 g/mol. The third-order valence-electron chi connectivity index (χ3n) is 3.92. The van der Waals surface area contributed by atoms with Crippen molar-refractivity contribution < 1.29 is 9.53 Å². The maximum absolute atomic E-state index is 11.8. The highest BCUT2D eigenvalue weighted by Gasteiger charge is 2.03. The first-order chi connectivity index (χ1) is 12.0. The summed E-state index contributed by atoms with van der Waals surface area (Å²) in [7, 11) is 0. The van der Waals surface area contributed by atoms with Crippen molar-refractivity contribution in [1.29, 1.82) is 0 Å². The van der Waals surface area contributed by atoms with Gasteiger partial charge < -0.3 is 4.74 Å². The van der Waals surface area contributed by atoms with Crippen LogP contribution in [0, 0.1) is 0 Å². The molecule has 0 aliphatic carbocycles. The topological polar surface area (TPSA) is 50.7 Å². The van der Waals surface area contributed by atoms with E-state index in [9.17, 15) is 4.79 Å². The Hall–Kier alpha value is -2.62. The van der Waals surface area contributed by atoms with E-state index in [1.165, 1.54) is 11.1 Å². The quantitative estimate of drug-likeness (QED) is 0.598. The summed E-state index contributed by atoms with van der Waals surface area (Å²) >= 11 is 0. The predicted octanol–water partition coefficient (Wildman–Crippen LogP) is 4.46. The Morgan fingerprint density at radius 2 is 1.48 bits per heavy atom. The Kier molecular flexibility index (Phi) is 6.75. The van der Waals surface area contributed by atoms with E-state index in [4.69, 9.17) is 4.74 Å². The van der Waals surface area contributed by atoms with Crippen molar-refractivity contribution in [3.05, 3.63) is 65.2 Å². The summed E-state index contributed by atoms with van der Waals surface area (Å²) in [4.78, 5) is 11.8. The van der Waals surface area contributed by atoms with Gasteiger partial charge >= 0.3 is 0 Å². The van der Waals surface area contributed by atoms with Crippen molar-refractivity contribution in [2.45, 2.75) is 39.5 Å². The molecule has 0 heterocycles. The molecule has 0 aliphatic heterocycles. The smallest absolute Gasteiger partial charge is 0.277 e. The van der Waals surface area contributed by atoms with E-state index in [2.05, 4.69) is 50.4 Å². The Morgan fingerprint density at radius 3 is 2.00 bits per heavy atom. The van der Waals surface area contributed by atoms with Crippen molar-refractivity contribution in [1.82, 2.24) is 5.43 Å². The summed E-state index contributed by atoms with van der Waals surface area (Å²) in [5.41, 5.74) is 5.93. The molecule has 0 fully saturated rings. The number of benzene rings is 2. The van der Waals surface area contributed by atoms with Gasteiger partial charge in [-0.15, -0.1) is 0 Å². The zero-order valence-corrected chi connectivity index (χ0v) is 15.3. The Morgan fingerprint density at radius 1 is 0.960 bits per heavy atom. The molecule has 4 heteroatoms. The minimum atomic E-state index is -0.289. The second-order valence-electron chi connectivity index (χ2n) is 6.63. The van der Waals surface area contributed by atoms with Gasteiger partial charge in [-0.1, -0.05) is 64.1 Å². The molecule has 0 unspecified atom stereocenters. The third kappa shape index (κ3) is 6.07. The molecule has 0 aliphatic rings. The second-order valence-corrected chi connectivity index (χ2v) is 6.63. The molecule has 0 saturated carbocycles. The highest BCUT2D eigenvalue weighted by Crippen LogP contribution is 2.18. The van der Waals surface area contributed by atoms with Crippen LogP contribution in [0.1, 0.15) is 56.2 Å². The largest absolute Gasteiger partial charge is 0.484 e. The molecule has 132 valence electrons. The Balaban J connectivity index is 1.78. The van der Waals surface area contributed by atoms with Gasteiger partial charge in [0.25, 0.3) is 5.91 Å². The van der Waals surface area contributed by atoms with Crippen LogP contribution in [0.3, 0.4) is 0 Å². The maximum Gasteiger partial charge on any atom is 0.277 e. The SMILES string of the molecule is CC(C)c1ccc(C=NNC(=O)COc2ccc(C(C)C)cc2)cc1. The minimum Gasteiger partial charge on any atom is -0.484 e. The van der Waals surface area contributed by atoms with Gasteiger partial charge in [0.2, 0.25) is 0 Å². The lowest BCUT2D eigenvalue weighted by atomic mass is 10.0. The van der Waals surface area contributed by atoms with Crippen LogP contribution >= 0.6 is 0 Å². The zero-order chi connectivity index (χ0) is 18.2. The van der Waals surface area contributed by atoms with Crippen LogP contribution in [0.4, 0.5) is 0 Å². The summed E-state index contributed by atoms with van der Waals surface area (Å²) in [6.07, 6.45) is 1.62. The average Bonchev–Trinajstić information content (AvgIpc) is 2.60. The molecule has 2 rings (SSSR count). The number of hydrazone groups is 1. The van der Waals surface area contributed by atoms with Crippen LogP contribution in [0.15, 0.2) is 53.6 Å². The molecule has 4 nitrogen and oxygen atoms in total. The van der Waals surface area contributed by atoms with Crippen LogP contribution in [-0.4, -0.2) is 18.7 Å². The molecule has 2 aromatic rings. The molecule has 0 saturated heterocycles. The maximum atomic E-state index is 11.8. The second kappa shape index (κ2) is 9.02. The van der Waals surface area contributed by atoms with Crippen molar-refractivity contribution in [3.8, 4) is 5.75 Å². The fourth-order valence-corrected chi connectivity index (χ4v) is 2.28. The highest BCUT2D eigenvalue weighted by atomic mass is 16.5. The standard InChI is InChI=1S/C21H26N2O2/c1-15(2)18-7-5-17(6-8-18)13-22-23-21(24)14-25-20-11-9-19(10-12-20)16(3)4/h5-13,15-16H,14H2,1-4H3,(H,23,24). The van der Waals surface area contributed by atoms with E-state index >= 15 is 0 Å². The van der Waals surface area contributed by atoms with Gasteiger partial charge in [-0.3, -0.25) is 4.79 Å². The summed E-state index contributed by atoms with van der Waals surface area (Å²) in [6, 6.07) is 15.9. The van der Waals surface area contributed by atoms with E-state index < -0.39 is 0 Å². The first-order valence-electron chi connectivity index (χ1n) is 8.60. The summed E-state index contributed by atoms with van der Waals surface area (Å²) in [5.74, 6) is 1.36. The molecule has 1 amide bonds. The normalized spacial score (nSPS) is 11.3. The van der Waals surface area contributed by atoms with Gasteiger partial charge in [0.15, 0.2) is 6.61 Å². The number of hydrogen-bond acceptors (Lipinski definition) is 3. The third-order valence-corrected chi connectivity index (χ3v) is 3.92. The fourth-order valence-electron chi connectivity index (χ4n) is 2.28. The molecule has 0 bridgehead atoms. The molecule has 1 N–H and O–H groups in total. The lowest BCUT2D eigenvalue weighted by Gasteiger charge is -2.08. The summed E-state index contributed by atoms with van der Waals surface area (Å²) < 4.78 is 5.46. The molecule has 0 spiro atoms. The van der Waals surface area contributed by atoms with E-state index in [1.807, 2.05) is 36.4 Å². The van der Waals surface area contributed by atoms with Crippen molar-refractivity contribution in [2.24, 2.45) is 5.10 Å². The van der Waals surface area contributed by atoms with Crippen LogP contribution in [0.25, 0.3) is 0 Å². The van der Waals surface area contributed by atoms with Crippen molar-refractivity contribution in [2.75, 3.05) is 6.61 Å². The lowest BCUT2D eigenvalue weighted by molar-refractivity contribution is -0.123. The Labute approximate surface area is 149 Å². The fraction of sp³-hybridized carbons (Fsp3) is 0.333. The first-order valence-corrected chi connectivity index (χ1v) is 8.60. The number of nitrogens with one attached hydrogen (secondary N) is 1. The van der Waals surface area contributed by atoms with Crippen molar-refractivity contribution in [3.63, 3.8) is 0 Å². The van der Waals surface area contributed by atoms with Crippen LogP contribution in [0.5, 0.6) is 5.75 Å². The van der Waals surface area contributed by atoms with Gasteiger partial charge in [0.1, 0.15) is 5.75 Å². The predicted molar refractivity (Wildman–Crippen MR) is 102 cm³/mol. The van der Waals surface area contributed by atoms with Crippen LogP contribution in [-0.2, 0) is 4.79 Å². The number of nitrogens with zero attached hydrogens (tertiary/aromatic N) is 1. The van der Waals surface area contributed by atoms with Gasteiger partial charge in [-0.25, -0.2) is 5.43 Å². The molecule has 0 radical (unpaired) electrons. The molecule has 2 aromatic carbocycles. The number of rotatable bonds is 7. The van der Waals surface area contributed by atoms with Gasteiger partial charge in [-0.2, -0.15) is 5.10 Å². The van der Waals surface area contributed by atoms with E-state index in [0.717, 1.165) is 5.56 Å². The molecule has 0 atom stereocenters. The summed E-state index contributed by atoms with van der Waals surface area (Å²) in [6.45, 7) is 8.51. The van der Waals surface area contributed by atoms with Gasteiger partial charge in [-0.05, 0) is 40.7 Å². The van der Waals surface area contributed by atoms with Gasteiger partial charge in [0, 0.05) is 0 Å². The lowest BCUT2D eigenvalue weighted by Crippen LogP contribution is -2.24. The van der Waals surface area contributed by atoms with E-state index in [0.29, 0.717) is 17.6 Å². The highest BCUT2D eigenvalue weighted by molar-refractivity contribution is 5.82. The van der Waals surface area contributed by atoms with E-state index in [1.54, 1.807) is 6.21 Å². The number of amides is 1. The van der Waals surface area contributed by atoms with E-state index in [-0.39, 0.29) is 12.5 Å². The first kappa shape index (κ1) is 18.7. The zero-order valence-electron chi connectivity index (χ0n) is 15.3. The van der Waals surface area contributed by atoms with Crippen LogP contribution < -0.4 is 10.2 Å². The number of ether oxygens (including phenoxy) is 1. The molecule has 0 aromatic heterocycles. The molecular formula is C21H26N2O2.